The molecule has 3 heterocycles. The fourth-order valence-corrected chi connectivity index (χ4v) is 4.19. The zero-order chi connectivity index (χ0) is 15.4. The summed E-state index contributed by atoms with van der Waals surface area (Å²) < 4.78 is 1.77. The molecule has 0 amide bonds. The molecule has 0 aromatic carbocycles. The van der Waals surface area contributed by atoms with Gasteiger partial charge in [0.2, 0.25) is 5.28 Å². The second-order valence-electron chi connectivity index (χ2n) is 5.80. The summed E-state index contributed by atoms with van der Waals surface area (Å²) in [6, 6.07) is 0.424. The molecule has 22 heavy (non-hydrogen) atoms. The smallest absolute Gasteiger partial charge is 0.226 e. The van der Waals surface area contributed by atoms with Crippen molar-refractivity contribution in [2.75, 3.05) is 5.32 Å². The molecule has 2 aromatic rings. The zero-order valence-corrected chi connectivity index (χ0v) is 13.4. The number of halogens is 1. The minimum Gasteiger partial charge on any atom is -0.389 e. The number of aliphatic hydroxyl groups excluding tert-OH is 2. The summed E-state index contributed by atoms with van der Waals surface area (Å²) >= 11 is 7.53. The van der Waals surface area contributed by atoms with Crippen LogP contribution in [0.15, 0.2) is 6.33 Å². The standard InChI is InChI=1S/C13H16ClN5O2S/c1-5-8(20)9(21)12(22-5)19-4-15-7-10(16-6-2-3-6)17-13(14)18-11(7)19/h4-6,8-9,12,20-21H,2-3H2,1H3,(H,16,17,18)/t5-,8+,9+,12+/m0/s1. The van der Waals surface area contributed by atoms with Gasteiger partial charge in [-0.2, -0.15) is 9.97 Å². The van der Waals surface area contributed by atoms with Crippen LogP contribution in [0, 0.1) is 0 Å². The van der Waals surface area contributed by atoms with Crippen LogP contribution in [0.25, 0.3) is 11.2 Å². The number of rotatable bonds is 3. The van der Waals surface area contributed by atoms with Crippen LogP contribution in [0.3, 0.4) is 0 Å². The maximum absolute atomic E-state index is 10.2. The monoisotopic (exact) mass is 341 g/mol. The van der Waals surface area contributed by atoms with Gasteiger partial charge in [-0.15, -0.1) is 11.8 Å². The second kappa shape index (κ2) is 5.23. The predicted molar refractivity (Wildman–Crippen MR) is 85.1 cm³/mol. The average Bonchev–Trinajstić information content (AvgIpc) is 3.14. The number of nitrogens with one attached hydrogen (secondary N) is 1. The number of aliphatic hydroxyl groups is 2. The van der Waals surface area contributed by atoms with Crippen molar-refractivity contribution in [2.24, 2.45) is 0 Å². The molecular weight excluding hydrogens is 326 g/mol. The first-order valence-electron chi connectivity index (χ1n) is 7.23. The van der Waals surface area contributed by atoms with E-state index in [4.69, 9.17) is 11.6 Å². The number of thioether (sulfide) groups is 1. The van der Waals surface area contributed by atoms with Crippen molar-refractivity contribution < 1.29 is 10.2 Å². The van der Waals surface area contributed by atoms with Crippen LogP contribution in [-0.2, 0) is 0 Å². The third kappa shape index (κ3) is 2.34. The summed E-state index contributed by atoms with van der Waals surface area (Å²) in [7, 11) is 0. The molecule has 3 N–H and O–H groups in total. The van der Waals surface area contributed by atoms with Gasteiger partial charge in [-0.3, -0.25) is 4.57 Å². The summed E-state index contributed by atoms with van der Waals surface area (Å²) in [5.41, 5.74) is 1.21. The first kappa shape index (κ1) is 14.5. The average molecular weight is 342 g/mol. The lowest BCUT2D eigenvalue weighted by molar-refractivity contribution is 0.0206. The normalized spacial score (nSPS) is 31.8. The number of fused-ring (bicyclic) bond motifs is 1. The fraction of sp³-hybridized carbons (Fsp3) is 0.615. The van der Waals surface area contributed by atoms with Gasteiger partial charge in [0.15, 0.2) is 17.0 Å². The lowest BCUT2D eigenvalue weighted by Gasteiger charge is -2.17. The molecule has 1 saturated heterocycles. The molecule has 1 aliphatic heterocycles. The Morgan fingerprint density at radius 3 is 2.73 bits per heavy atom. The maximum atomic E-state index is 10.2. The quantitative estimate of drug-likeness (QED) is 0.726. The van der Waals surface area contributed by atoms with Crippen molar-refractivity contribution in [3.8, 4) is 0 Å². The van der Waals surface area contributed by atoms with E-state index in [2.05, 4.69) is 20.3 Å². The molecule has 0 bridgehead atoms. The first-order valence-corrected chi connectivity index (χ1v) is 8.55. The lowest BCUT2D eigenvalue weighted by atomic mass is 10.1. The van der Waals surface area contributed by atoms with Gasteiger partial charge in [-0.05, 0) is 24.4 Å². The van der Waals surface area contributed by atoms with Crippen LogP contribution in [0.2, 0.25) is 5.28 Å². The topological polar surface area (TPSA) is 96.1 Å². The minimum atomic E-state index is -0.869. The summed E-state index contributed by atoms with van der Waals surface area (Å²) in [5.74, 6) is 0.627. The Morgan fingerprint density at radius 2 is 2.09 bits per heavy atom. The Balaban J connectivity index is 1.77. The molecule has 9 heteroatoms. The van der Waals surface area contributed by atoms with E-state index in [-0.39, 0.29) is 15.9 Å². The van der Waals surface area contributed by atoms with Crippen LogP contribution in [0.5, 0.6) is 0 Å². The van der Waals surface area contributed by atoms with Gasteiger partial charge >= 0.3 is 0 Å². The van der Waals surface area contributed by atoms with Gasteiger partial charge in [0.25, 0.3) is 0 Å². The van der Waals surface area contributed by atoms with Crippen molar-refractivity contribution >= 4 is 40.3 Å². The van der Waals surface area contributed by atoms with Crippen molar-refractivity contribution in [1.29, 1.82) is 0 Å². The molecule has 4 atom stereocenters. The Labute approximate surface area is 136 Å². The summed E-state index contributed by atoms with van der Waals surface area (Å²) in [6.45, 7) is 1.89. The summed E-state index contributed by atoms with van der Waals surface area (Å²) in [5, 5.41) is 23.3. The molecule has 2 aromatic heterocycles. The van der Waals surface area contributed by atoms with Crippen LogP contribution >= 0.6 is 23.4 Å². The van der Waals surface area contributed by atoms with Crippen LogP contribution in [-0.4, -0.2) is 53.2 Å². The maximum Gasteiger partial charge on any atom is 0.226 e. The summed E-state index contributed by atoms with van der Waals surface area (Å²) in [4.78, 5) is 12.9. The highest BCUT2D eigenvalue weighted by Crippen LogP contribution is 2.43. The van der Waals surface area contributed by atoms with Gasteiger partial charge < -0.3 is 15.5 Å². The van der Waals surface area contributed by atoms with Gasteiger partial charge in [-0.1, -0.05) is 6.92 Å². The Morgan fingerprint density at radius 1 is 1.32 bits per heavy atom. The van der Waals surface area contributed by atoms with E-state index >= 15 is 0 Å². The third-order valence-electron chi connectivity index (χ3n) is 4.06. The Hall–Kier alpha value is -1.09. The first-order chi connectivity index (χ1) is 10.5. The third-order valence-corrected chi connectivity index (χ3v) is 5.73. The van der Waals surface area contributed by atoms with E-state index in [1.807, 2.05) is 6.92 Å². The van der Waals surface area contributed by atoms with Crippen molar-refractivity contribution in [3.63, 3.8) is 0 Å². The highest BCUT2D eigenvalue weighted by atomic mass is 35.5. The molecule has 2 aliphatic rings. The number of hydrogen-bond acceptors (Lipinski definition) is 7. The van der Waals surface area contributed by atoms with Crippen molar-refractivity contribution in [3.05, 3.63) is 11.6 Å². The van der Waals surface area contributed by atoms with E-state index < -0.39 is 12.2 Å². The lowest BCUT2D eigenvalue weighted by Crippen LogP contribution is -2.30. The molecule has 4 rings (SSSR count). The van der Waals surface area contributed by atoms with E-state index in [1.165, 1.54) is 11.8 Å². The van der Waals surface area contributed by atoms with E-state index in [1.54, 1.807) is 10.9 Å². The molecule has 0 unspecified atom stereocenters. The number of aromatic nitrogens is 4. The second-order valence-corrected chi connectivity index (χ2v) is 7.63. The number of imidazole rings is 1. The van der Waals surface area contributed by atoms with E-state index in [0.29, 0.717) is 23.0 Å². The number of nitrogens with zero attached hydrogens (tertiary/aromatic N) is 4. The highest BCUT2D eigenvalue weighted by molar-refractivity contribution is 8.00. The molecular formula is C13H16ClN5O2S. The minimum absolute atomic E-state index is 0.0566. The highest BCUT2D eigenvalue weighted by Gasteiger charge is 2.41. The molecule has 0 spiro atoms. The van der Waals surface area contributed by atoms with Gasteiger partial charge in [0, 0.05) is 11.3 Å². The number of anilines is 1. The van der Waals surface area contributed by atoms with Crippen LogP contribution in [0.4, 0.5) is 5.82 Å². The van der Waals surface area contributed by atoms with Gasteiger partial charge in [0.1, 0.15) is 11.5 Å². The van der Waals surface area contributed by atoms with Crippen LogP contribution in [0.1, 0.15) is 25.1 Å². The molecule has 0 radical (unpaired) electrons. The largest absolute Gasteiger partial charge is 0.389 e. The van der Waals surface area contributed by atoms with Crippen molar-refractivity contribution in [2.45, 2.75) is 48.6 Å². The molecule has 118 valence electrons. The Kier molecular flexibility index (Phi) is 3.44. The molecule has 1 saturated carbocycles. The SMILES string of the molecule is C[C@@H]1S[C@@H](n2cnc3c(NC4CC4)nc(Cl)nc32)[C@H](O)[C@@H]1O. The van der Waals surface area contributed by atoms with E-state index in [0.717, 1.165) is 12.8 Å². The number of hydrogen-bond donors (Lipinski definition) is 3. The Bertz CT molecular complexity index is 722. The molecule has 7 nitrogen and oxygen atoms in total. The van der Waals surface area contributed by atoms with Gasteiger partial charge in [0.05, 0.1) is 12.4 Å². The van der Waals surface area contributed by atoms with Crippen LogP contribution < -0.4 is 5.32 Å². The fourth-order valence-electron chi connectivity index (χ4n) is 2.66. The van der Waals surface area contributed by atoms with Crippen molar-refractivity contribution in [1.82, 2.24) is 19.5 Å². The van der Waals surface area contributed by atoms with E-state index in [9.17, 15) is 10.2 Å². The zero-order valence-electron chi connectivity index (χ0n) is 11.8. The van der Waals surface area contributed by atoms with Gasteiger partial charge in [-0.25, -0.2) is 4.98 Å². The molecule has 2 fully saturated rings. The predicted octanol–water partition coefficient (Wildman–Crippen LogP) is 1.41. The molecule has 1 aliphatic carbocycles. The summed E-state index contributed by atoms with van der Waals surface area (Å²) in [6.07, 6.45) is 2.22.